The van der Waals surface area contributed by atoms with Gasteiger partial charge in [-0.1, -0.05) is 13.8 Å². The van der Waals surface area contributed by atoms with Gasteiger partial charge < -0.3 is 93.1 Å². The van der Waals surface area contributed by atoms with E-state index in [0.29, 0.717) is 0 Å². The molecule has 1 fully saturated rings. The van der Waals surface area contributed by atoms with Crippen molar-refractivity contribution >= 4 is 88.7 Å². The third-order valence-corrected chi connectivity index (χ3v) is 11.8. The molecule has 0 spiro atoms. The lowest BCUT2D eigenvalue weighted by Gasteiger charge is -2.30. The minimum atomic E-state index is -1.67. The summed E-state index contributed by atoms with van der Waals surface area (Å²) in [5.41, 5.74) is 42.9. The van der Waals surface area contributed by atoms with Gasteiger partial charge in [-0.2, -0.15) is 0 Å². The molecule has 1 aliphatic rings. The lowest BCUT2D eigenvalue weighted by Crippen LogP contribution is -2.60. The van der Waals surface area contributed by atoms with Crippen molar-refractivity contribution in [1.82, 2.24) is 42.1 Å². The van der Waals surface area contributed by atoms with Crippen molar-refractivity contribution in [3.05, 3.63) is 0 Å². The second kappa shape index (κ2) is 33.7. The zero-order valence-electron chi connectivity index (χ0n) is 43.5. The number of carboxylic acid groups (broad SMARTS) is 1. The van der Waals surface area contributed by atoms with Gasteiger partial charge >= 0.3 is 5.97 Å². The number of nitrogens with zero attached hydrogens (tertiary/aromatic N) is 2. The Bertz CT molecular complexity index is 2190. The predicted molar refractivity (Wildman–Crippen MR) is 271 cm³/mol. The van der Waals surface area contributed by atoms with E-state index in [9.17, 15) is 72.2 Å². The van der Waals surface area contributed by atoms with Crippen LogP contribution >= 0.6 is 0 Å². The van der Waals surface area contributed by atoms with Crippen LogP contribution < -0.4 is 83.1 Å². The molecule has 432 valence electrons. The van der Waals surface area contributed by atoms with Crippen LogP contribution in [0.4, 0.5) is 0 Å². The average Bonchev–Trinajstić information content (AvgIpc) is 3.83. The average molecular weight is 1100 g/mol. The molecule has 0 aromatic rings. The van der Waals surface area contributed by atoms with Crippen LogP contribution in [0.25, 0.3) is 0 Å². The third-order valence-electron chi connectivity index (χ3n) is 11.8. The molecule has 1 rings (SSSR count). The number of aliphatic carboxylic acids is 1. The lowest BCUT2D eigenvalue weighted by atomic mass is 10.0. The number of carbonyl (C=O) groups excluding carboxylic acids is 13. The van der Waals surface area contributed by atoms with Gasteiger partial charge in [0.25, 0.3) is 0 Å². The maximum atomic E-state index is 14.0. The molecule has 77 heavy (non-hydrogen) atoms. The number of amides is 13. The number of aliphatic imine (C=N–C) groups is 1. The number of carbonyl (C=O) groups is 14. The largest absolute Gasteiger partial charge is 0.480 e. The first kappa shape index (κ1) is 66.8. The van der Waals surface area contributed by atoms with E-state index < -0.39 is 182 Å². The summed E-state index contributed by atoms with van der Waals surface area (Å²) in [5.74, 6) is -13.8. The van der Waals surface area contributed by atoms with Crippen LogP contribution in [0.2, 0.25) is 0 Å². The van der Waals surface area contributed by atoms with Crippen molar-refractivity contribution in [2.75, 3.05) is 13.1 Å². The van der Waals surface area contributed by atoms with Gasteiger partial charge in [0.2, 0.25) is 76.8 Å². The van der Waals surface area contributed by atoms with Crippen LogP contribution in [0.5, 0.6) is 0 Å². The fourth-order valence-corrected chi connectivity index (χ4v) is 7.68. The van der Waals surface area contributed by atoms with Crippen LogP contribution in [0, 0.1) is 5.92 Å². The first-order chi connectivity index (χ1) is 35.9. The zero-order valence-corrected chi connectivity index (χ0v) is 43.5. The summed E-state index contributed by atoms with van der Waals surface area (Å²) in [6, 6.07) is -13.1. The lowest BCUT2D eigenvalue weighted by molar-refractivity contribution is -0.143. The minimum absolute atomic E-state index is 0.0159. The number of guanidine groups is 1. The van der Waals surface area contributed by atoms with Crippen molar-refractivity contribution in [3.8, 4) is 0 Å². The summed E-state index contributed by atoms with van der Waals surface area (Å²) in [7, 11) is 0. The van der Waals surface area contributed by atoms with Crippen LogP contribution in [0.3, 0.4) is 0 Å². The molecule has 0 radical (unpaired) electrons. The van der Waals surface area contributed by atoms with Crippen LogP contribution in [0.15, 0.2) is 4.99 Å². The monoisotopic (exact) mass is 1100 g/mol. The number of likely N-dealkylation sites (tertiary alicyclic amines) is 1. The minimum Gasteiger partial charge on any atom is -0.480 e. The van der Waals surface area contributed by atoms with E-state index in [4.69, 9.17) is 45.9 Å². The molecular weight excluding hydrogens is 1020 g/mol. The fourth-order valence-electron chi connectivity index (χ4n) is 7.68. The topological polar surface area (TPSA) is 567 Å². The molecule has 13 amide bonds. The highest BCUT2D eigenvalue weighted by Gasteiger charge is 2.40. The normalized spacial score (nSPS) is 16.0. The van der Waals surface area contributed by atoms with Gasteiger partial charge in [0.05, 0.1) is 6.04 Å². The van der Waals surface area contributed by atoms with Crippen molar-refractivity contribution < 1.29 is 72.2 Å². The Morgan fingerprint density at radius 1 is 0.506 bits per heavy atom. The van der Waals surface area contributed by atoms with Crippen molar-refractivity contribution in [1.29, 1.82) is 0 Å². The summed E-state index contributed by atoms with van der Waals surface area (Å²) in [4.78, 5) is 185. The molecule has 0 aromatic heterocycles. The number of hydrogen-bond acceptors (Lipinski definition) is 16. The highest BCUT2D eigenvalue weighted by atomic mass is 16.4. The Hall–Kier alpha value is -8.19. The Morgan fingerprint density at radius 2 is 0.883 bits per heavy atom. The maximum Gasteiger partial charge on any atom is 0.326 e. The molecule has 1 aliphatic heterocycles. The first-order valence-electron chi connectivity index (χ1n) is 24.8. The van der Waals surface area contributed by atoms with Crippen LogP contribution in [-0.4, -0.2) is 166 Å². The van der Waals surface area contributed by atoms with Gasteiger partial charge in [-0.15, -0.1) is 0 Å². The molecule has 0 saturated carbocycles. The van der Waals surface area contributed by atoms with Crippen LogP contribution in [-0.2, 0) is 67.1 Å². The van der Waals surface area contributed by atoms with Gasteiger partial charge in [-0.25, -0.2) is 4.79 Å². The van der Waals surface area contributed by atoms with Gasteiger partial charge in [-0.3, -0.25) is 67.3 Å². The number of carboxylic acids is 1. The molecular formula is C45H77N17O15. The van der Waals surface area contributed by atoms with Gasteiger partial charge in [0.15, 0.2) is 5.96 Å². The Balaban J connectivity index is 3.36. The van der Waals surface area contributed by atoms with E-state index in [1.165, 1.54) is 6.92 Å². The number of rotatable bonds is 37. The number of nitrogens with two attached hydrogens (primary N) is 8. The smallest absolute Gasteiger partial charge is 0.326 e. The van der Waals surface area contributed by atoms with Crippen molar-refractivity contribution in [2.24, 2.45) is 56.8 Å². The van der Waals surface area contributed by atoms with E-state index in [0.717, 1.165) is 4.90 Å². The van der Waals surface area contributed by atoms with Crippen molar-refractivity contribution in [2.45, 2.75) is 171 Å². The third kappa shape index (κ3) is 26.2. The van der Waals surface area contributed by atoms with Gasteiger partial charge in [-0.05, 0) is 77.0 Å². The SMILES string of the molecule is CC(C)C[C@H](NC(=O)[C@H](CCC(N)=O)NC(=O)[C@@H]1CCCN1C(=O)[C@H](C)NC(=O)[C@H](CCC(N)=O)NC(=O)[C@H](CCC(N)=O)NC(=O)[C@H](CCC(N)=O)NC(=O)[C@@H](N)CCC(N)=O)C(=O)N[C@@H](CCCN=C(N)N)C(=O)O. The Labute approximate surface area is 443 Å². The van der Waals surface area contributed by atoms with E-state index in [1.54, 1.807) is 13.8 Å². The number of nitrogens with one attached hydrogen (secondary N) is 7. The molecule has 0 bridgehead atoms. The standard InChI is InChI=1S/C45H77N17O15/c1-21(2)20-29(41(73)60-28(44(76)77)6-4-18-54-45(52)53)61-40(72)27(12-17-35(51)67)59-42(74)30-7-5-19-62(30)43(75)22(3)55-37(69)24(9-14-32(48)64)57-39(71)26(11-16-34(50)66)58-38(70)25(10-15-33(49)65)56-36(68)23(46)8-13-31(47)63/h21-30H,4-20,46H2,1-3H3,(H2,47,63)(H2,48,64)(H2,49,65)(H2,50,66)(H2,51,67)(H,55,69)(H,56,68)(H,57,71)(H,58,70)(H,59,74)(H,60,73)(H,61,72)(H,76,77)(H4,52,53,54)/t22-,23-,24-,25-,26-,27-,28-,29-,30-/m0/s1. The highest BCUT2D eigenvalue weighted by molar-refractivity contribution is 5.99. The summed E-state index contributed by atoms with van der Waals surface area (Å²) in [6.45, 7) is 4.77. The predicted octanol–water partition coefficient (Wildman–Crippen LogP) is -7.77. The molecule has 0 unspecified atom stereocenters. The molecule has 32 nitrogen and oxygen atoms in total. The first-order valence-corrected chi connectivity index (χ1v) is 24.8. The van der Waals surface area contributed by atoms with Gasteiger partial charge in [0, 0.05) is 45.2 Å². The molecule has 9 atom stereocenters. The van der Waals surface area contributed by atoms with Gasteiger partial charge in [0.1, 0.15) is 48.3 Å². The van der Waals surface area contributed by atoms with E-state index >= 15 is 0 Å². The summed E-state index contributed by atoms with van der Waals surface area (Å²) >= 11 is 0. The van der Waals surface area contributed by atoms with E-state index in [1.807, 2.05) is 0 Å². The molecule has 1 heterocycles. The van der Waals surface area contributed by atoms with Crippen molar-refractivity contribution in [3.63, 3.8) is 0 Å². The number of primary amides is 5. The van der Waals surface area contributed by atoms with E-state index in [-0.39, 0.29) is 76.3 Å². The summed E-state index contributed by atoms with van der Waals surface area (Å²) < 4.78 is 0. The summed E-state index contributed by atoms with van der Waals surface area (Å²) in [5, 5.41) is 26.6. The Morgan fingerprint density at radius 3 is 1.30 bits per heavy atom. The second-order valence-electron chi connectivity index (χ2n) is 18.8. The fraction of sp³-hybridized carbons (Fsp3) is 0.667. The Kier molecular flexibility index (Phi) is 29.2. The zero-order chi connectivity index (χ0) is 58.7. The van der Waals surface area contributed by atoms with Crippen LogP contribution in [0.1, 0.15) is 117 Å². The number of hydrogen-bond donors (Lipinski definition) is 16. The second-order valence-corrected chi connectivity index (χ2v) is 18.8. The molecule has 32 heteroatoms. The highest BCUT2D eigenvalue weighted by Crippen LogP contribution is 2.20. The van der Waals surface area contributed by atoms with E-state index in [2.05, 4.69) is 42.2 Å². The summed E-state index contributed by atoms with van der Waals surface area (Å²) in [6.07, 6.45) is -3.60. The quantitative estimate of drug-likeness (QED) is 0.0156. The molecule has 0 aliphatic carbocycles. The molecule has 0 aromatic carbocycles. The molecule has 1 saturated heterocycles. The maximum absolute atomic E-state index is 14.0. The molecule has 24 N–H and O–H groups in total.